The van der Waals surface area contributed by atoms with Crippen molar-refractivity contribution in [3.8, 4) is 0 Å². The van der Waals surface area contributed by atoms with Crippen molar-refractivity contribution in [3.63, 3.8) is 0 Å². The van der Waals surface area contributed by atoms with Crippen LogP contribution >= 0.6 is 0 Å². The van der Waals surface area contributed by atoms with Gasteiger partial charge in [0.1, 0.15) is 0 Å². The minimum Gasteiger partial charge on any atom is -0.294 e. The van der Waals surface area contributed by atoms with E-state index in [1.165, 1.54) is 11.1 Å². The molecule has 1 atom stereocenters. The molecule has 0 bridgehead atoms. The van der Waals surface area contributed by atoms with Crippen LogP contribution in [0.3, 0.4) is 0 Å². The van der Waals surface area contributed by atoms with Crippen molar-refractivity contribution in [1.82, 2.24) is 10.2 Å². The van der Waals surface area contributed by atoms with Crippen LogP contribution in [-0.4, -0.2) is 16.0 Å². The monoisotopic (exact) mass is 240 g/mol. The Labute approximate surface area is 106 Å². The molecule has 2 aromatic rings. The summed E-state index contributed by atoms with van der Waals surface area (Å²) in [5.41, 5.74) is 5.18. The maximum absolute atomic E-state index is 12.2. The van der Waals surface area contributed by atoms with Gasteiger partial charge in [0, 0.05) is 12.1 Å². The van der Waals surface area contributed by atoms with E-state index in [-0.39, 0.29) is 11.7 Å². The number of aromatic amines is 1. The second-order valence-corrected chi connectivity index (χ2v) is 5.06. The molecular weight excluding hydrogens is 224 g/mol. The Morgan fingerprint density at radius 2 is 2.00 bits per heavy atom. The maximum atomic E-state index is 12.2. The number of H-pyrrole nitrogens is 1. The first kappa shape index (κ1) is 11.2. The van der Waals surface area contributed by atoms with Gasteiger partial charge in [-0.1, -0.05) is 24.3 Å². The number of benzene rings is 1. The van der Waals surface area contributed by atoms with E-state index in [1.54, 1.807) is 0 Å². The van der Waals surface area contributed by atoms with Crippen molar-refractivity contribution in [2.24, 2.45) is 0 Å². The molecule has 1 heterocycles. The van der Waals surface area contributed by atoms with E-state index in [2.05, 4.69) is 29.3 Å². The van der Waals surface area contributed by atoms with Gasteiger partial charge in [-0.2, -0.15) is 5.10 Å². The van der Waals surface area contributed by atoms with Crippen LogP contribution in [0.2, 0.25) is 0 Å². The van der Waals surface area contributed by atoms with Crippen LogP contribution in [0.25, 0.3) is 0 Å². The van der Waals surface area contributed by atoms with Crippen LogP contribution in [0, 0.1) is 13.8 Å². The van der Waals surface area contributed by atoms with Gasteiger partial charge in [-0.25, -0.2) is 0 Å². The van der Waals surface area contributed by atoms with Crippen molar-refractivity contribution in [2.75, 3.05) is 0 Å². The van der Waals surface area contributed by atoms with Gasteiger partial charge >= 0.3 is 0 Å². The molecule has 1 aliphatic rings. The summed E-state index contributed by atoms with van der Waals surface area (Å²) < 4.78 is 0. The highest BCUT2D eigenvalue weighted by atomic mass is 16.1. The molecule has 92 valence electrons. The molecule has 3 rings (SSSR count). The molecule has 0 saturated carbocycles. The van der Waals surface area contributed by atoms with Gasteiger partial charge in [-0.15, -0.1) is 0 Å². The van der Waals surface area contributed by atoms with E-state index in [0.717, 1.165) is 23.4 Å². The van der Waals surface area contributed by atoms with E-state index in [1.807, 2.05) is 19.1 Å². The summed E-state index contributed by atoms with van der Waals surface area (Å²) in [7, 11) is 0. The van der Waals surface area contributed by atoms with E-state index in [0.29, 0.717) is 6.42 Å². The summed E-state index contributed by atoms with van der Waals surface area (Å²) in [4.78, 5) is 12.2. The summed E-state index contributed by atoms with van der Waals surface area (Å²) in [6.45, 7) is 4.02. The van der Waals surface area contributed by atoms with E-state index in [9.17, 15) is 4.79 Å². The highest BCUT2D eigenvalue weighted by molar-refractivity contribution is 5.99. The second-order valence-electron chi connectivity index (χ2n) is 5.06. The third kappa shape index (κ3) is 1.67. The molecule has 1 N–H and O–H groups in total. The molecule has 1 aromatic carbocycles. The molecule has 0 radical (unpaired) electrons. The molecule has 1 unspecified atom stereocenters. The van der Waals surface area contributed by atoms with Crippen molar-refractivity contribution in [3.05, 3.63) is 52.3 Å². The Hall–Kier alpha value is -1.90. The van der Waals surface area contributed by atoms with Crippen LogP contribution in [0.15, 0.2) is 24.3 Å². The second kappa shape index (κ2) is 4.09. The van der Waals surface area contributed by atoms with E-state index < -0.39 is 0 Å². The first-order chi connectivity index (χ1) is 8.66. The fourth-order valence-corrected chi connectivity index (χ4v) is 2.89. The smallest absolute Gasteiger partial charge is 0.167 e. The molecule has 1 aliphatic carbocycles. The SMILES string of the molecule is Cc1ccccc1C1CC(=O)c2c(n[nH]c2C)C1. The number of hydrogen-bond acceptors (Lipinski definition) is 2. The molecule has 0 amide bonds. The lowest BCUT2D eigenvalue weighted by molar-refractivity contribution is 0.0963. The fraction of sp³-hybridized carbons (Fsp3) is 0.333. The Bertz CT molecular complexity index is 613. The molecule has 0 aliphatic heterocycles. The summed E-state index contributed by atoms with van der Waals surface area (Å²) in [5, 5.41) is 7.19. The quantitative estimate of drug-likeness (QED) is 0.833. The first-order valence-electron chi connectivity index (χ1n) is 6.29. The van der Waals surface area contributed by atoms with Gasteiger partial charge in [0.15, 0.2) is 5.78 Å². The normalized spacial score (nSPS) is 18.8. The summed E-state index contributed by atoms with van der Waals surface area (Å²) in [6, 6.07) is 8.30. The van der Waals surface area contributed by atoms with E-state index >= 15 is 0 Å². The number of nitrogens with zero attached hydrogens (tertiary/aromatic N) is 1. The van der Waals surface area contributed by atoms with Gasteiger partial charge in [-0.3, -0.25) is 9.89 Å². The zero-order valence-corrected chi connectivity index (χ0v) is 10.7. The van der Waals surface area contributed by atoms with Gasteiger partial charge in [0.05, 0.1) is 11.3 Å². The number of fused-ring (bicyclic) bond motifs is 1. The number of hydrogen-bond donors (Lipinski definition) is 1. The van der Waals surface area contributed by atoms with Crippen LogP contribution in [-0.2, 0) is 6.42 Å². The number of ketones is 1. The number of Topliss-reactive ketones (excluding diaryl/α,β-unsaturated/α-hetero) is 1. The zero-order valence-electron chi connectivity index (χ0n) is 10.7. The van der Waals surface area contributed by atoms with Crippen LogP contribution in [0.5, 0.6) is 0 Å². The summed E-state index contributed by atoms with van der Waals surface area (Å²) >= 11 is 0. The zero-order chi connectivity index (χ0) is 12.7. The molecule has 1 aromatic heterocycles. The number of rotatable bonds is 1. The lowest BCUT2D eigenvalue weighted by atomic mass is 9.80. The van der Waals surface area contributed by atoms with Crippen LogP contribution in [0.4, 0.5) is 0 Å². The molecule has 3 nitrogen and oxygen atoms in total. The van der Waals surface area contributed by atoms with Crippen LogP contribution in [0.1, 0.15) is 45.2 Å². The largest absolute Gasteiger partial charge is 0.294 e. The molecule has 3 heteroatoms. The summed E-state index contributed by atoms with van der Waals surface area (Å²) in [5.74, 6) is 0.490. The number of aryl methyl sites for hydroxylation is 2. The van der Waals surface area contributed by atoms with E-state index in [4.69, 9.17) is 0 Å². The predicted molar refractivity (Wildman–Crippen MR) is 69.9 cm³/mol. The Morgan fingerprint density at radius 1 is 1.22 bits per heavy atom. The topological polar surface area (TPSA) is 45.8 Å². The highest BCUT2D eigenvalue weighted by Crippen LogP contribution is 2.34. The first-order valence-corrected chi connectivity index (χ1v) is 6.29. The molecule has 18 heavy (non-hydrogen) atoms. The molecule has 0 spiro atoms. The third-order valence-electron chi connectivity index (χ3n) is 3.80. The Balaban J connectivity index is 2.00. The van der Waals surface area contributed by atoms with Crippen LogP contribution < -0.4 is 0 Å². The Morgan fingerprint density at radius 3 is 2.78 bits per heavy atom. The van der Waals surface area contributed by atoms with Gasteiger partial charge < -0.3 is 0 Å². The van der Waals surface area contributed by atoms with Gasteiger partial charge in [-0.05, 0) is 37.3 Å². The lowest BCUT2D eigenvalue weighted by Crippen LogP contribution is -2.19. The van der Waals surface area contributed by atoms with Crippen molar-refractivity contribution < 1.29 is 4.79 Å². The molecule has 0 saturated heterocycles. The third-order valence-corrected chi connectivity index (χ3v) is 3.80. The lowest BCUT2D eigenvalue weighted by Gasteiger charge is -2.22. The number of aromatic nitrogens is 2. The average molecular weight is 240 g/mol. The fourth-order valence-electron chi connectivity index (χ4n) is 2.89. The number of carbonyl (C=O) groups excluding carboxylic acids is 1. The van der Waals surface area contributed by atoms with Crippen molar-refractivity contribution in [2.45, 2.75) is 32.6 Å². The van der Waals surface area contributed by atoms with Gasteiger partial charge in [0.25, 0.3) is 0 Å². The highest BCUT2D eigenvalue weighted by Gasteiger charge is 2.30. The van der Waals surface area contributed by atoms with Gasteiger partial charge in [0.2, 0.25) is 0 Å². The standard InChI is InChI=1S/C15H16N2O/c1-9-5-3-4-6-12(9)11-7-13-15(14(18)8-11)10(2)16-17-13/h3-6,11H,7-8H2,1-2H3,(H,16,17). The molecule has 0 fully saturated rings. The predicted octanol–water partition coefficient (Wildman–Crippen LogP) is 2.94. The summed E-state index contributed by atoms with van der Waals surface area (Å²) in [6.07, 6.45) is 1.45. The van der Waals surface area contributed by atoms with Crippen molar-refractivity contribution in [1.29, 1.82) is 0 Å². The Kier molecular flexibility index (Phi) is 2.54. The van der Waals surface area contributed by atoms with Crippen molar-refractivity contribution >= 4 is 5.78 Å². The number of nitrogens with one attached hydrogen (secondary N) is 1. The maximum Gasteiger partial charge on any atom is 0.167 e. The average Bonchev–Trinajstić information content (AvgIpc) is 2.72. The minimum absolute atomic E-state index is 0.218. The number of carbonyl (C=O) groups is 1. The minimum atomic E-state index is 0.218. The molecular formula is C15H16N2O.